The summed E-state index contributed by atoms with van der Waals surface area (Å²) in [5, 5.41) is 13.0. The molecule has 0 bridgehead atoms. The van der Waals surface area contributed by atoms with Crippen molar-refractivity contribution in [3.8, 4) is 0 Å². The van der Waals surface area contributed by atoms with Crippen LogP contribution in [0.1, 0.15) is 141 Å². The summed E-state index contributed by atoms with van der Waals surface area (Å²) in [6.07, 6.45) is 4.36. The average Bonchev–Trinajstić information content (AvgIpc) is 3.68. The van der Waals surface area contributed by atoms with Gasteiger partial charge < -0.3 is 29.6 Å². The van der Waals surface area contributed by atoms with E-state index in [1.807, 2.05) is 90.5 Å². The van der Waals surface area contributed by atoms with Gasteiger partial charge in [0.2, 0.25) is 0 Å². The molecule has 0 aliphatic carbocycles. The van der Waals surface area contributed by atoms with Gasteiger partial charge in [0.05, 0.1) is 52.1 Å². The van der Waals surface area contributed by atoms with Crippen LogP contribution in [0.5, 0.6) is 0 Å². The number of morpholine rings is 1. The van der Waals surface area contributed by atoms with E-state index in [9.17, 15) is 19.2 Å². The van der Waals surface area contributed by atoms with Crippen LogP contribution in [0.3, 0.4) is 0 Å². The molecule has 394 valence electrons. The largest absolute Gasteiger partial charge is 0.469 e. The summed E-state index contributed by atoms with van der Waals surface area (Å²) in [5.41, 5.74) is 3.49. The number of hydrogen-bond donors (Lipinski definition) is 2. The van der Waals surface area contributed by atoms with Crippen molar-refractivity contribution >= 4 is 70.5 Å². The van der Waals surface area contributed by atoms with E-state index in [4.69, 9.17) is 27.9 Å². The van der Waals surface area contributed by atoms with Crippen LogP contribution in [0.25, 0.3) is 0 Å². The van der Waals surface area contributed by atoms with Crippen molar-refractivity contribution < 1.29 is 44.0 Å². The highest BCUT2D eigenvalue weighted by Gasteiger charge is 2.16. The number of piperidine rings is 1. The number of carbonyl (C=O) groups is 4. The van der Waals surface area contributed by atoms with Crippen LogP contribution < -0.4 is 10.6 Å². The topological polar surface area (TPSA) is 165 Å². The fourth-order valence-corrected chi connectivity index (χ4v) is 4.76. The average molecular weight is 1080 g/mol. The second-order valence-electron chi connectivity index (χ2n) is 16.5. The Bertz CT molecular complexity index is 1520. The van der Waals surface area contributed by atoms with E-state index in [0.717, 1.165) is 49.0 Å². The number of halogens is 3. The molecule has 2 saturated heterocycles. The lowest BCUT2D eigenvalue weighted by molar-refractivity contribution is -0.670. The molecule has 5 rings (SSSR count). The number of Topliss-reactive ketones (excluding diaryl/α,β-unsaturated/α-hetero) is 3. The van der Waals surface area contributed by atoms with Crippen LogP contribution in [0.15, 0.2) is 34.9 Å². The number of quaternary nitrogens is 2. The van der Waals surface area contributed by atoms with Crippen LogP contribution in [-0.2, 0) is 37.9 Å². The molecule has 0 radical (unpaired) electrons. The van der Waals surface area contributed by atoms with E-state index in [1.165, 1.54) is 83.1 Å². The molecule has 2 aromatic heterocycles. The van der Waals surface area contributed by atoms with Crippen LogP contribution in [0.2, 0.25) is 36.5 Å². The number of esters is 1. The highest BCUT2D eigenvalue weighted by molar-refractivity contribution is 9.10. The number of hydrogen-bond acceptors (Lipinski definition) is 9. The number of rotatable bonds is 3. The quantitative estimate of drug-likeness (QED) is 0.148. The first-order valence-electron chi connectivity index (χ1n) is 23.4. The minimum atomic E-state index is -0.611. The number of ketones is 3. The smallest absolute Gasteiger partial charge is 0.302 e. The second kappa shape index (κ2) is 54.2. The number of ether oxygens (including phenoxy) is 3. The number of nitrogens with zero attached hydrogens (tertiary/aromatic N) is 4. The zero-order valence-electron chi connectivity index (χ0n) is 46.5. The van der Waals surface area contributed by atoms with E-state index < -0.39 is 8.07 Å². The van der Waals surface area contributed by atoms with Gasteiger partial charge in [0.25, 0.3) is 0 Å². The van der Waals surface area contributed by atoms with Crippen molar-refractivity contribution in [1.82, 2.24) is 19.6 Å². The van der Waals surface area contributed by atoms with Gasteiger partial charge in [-0.1, -0.05) is 128 Å². The molecule has 2 aliphatic heterocycles. The van der Waals surface area contributed by atoms with Gasteiger partial charge in [-0.25, -0.2) is 0 Å². The highest BCUT2D eigenvalue weighted by atomic mass is 79.9. The zero-order chi connectivity index (χ0) is 54.1. The number of benzene rings is 1. The fourth-order valence-electron chi connectivity index (χ4n) is 3.59. The third-order valence-electron chi connectivity index (χ3n) is 6.87. The van der Waals surface area contributed by atoms with E-state index in [1.54, 1.807) is 21.1 Å². The monoisotopic (exact) mass is 1070 g/mol. The molecule has 2 fully saturated rings. The predicted molar refractivity (Wildman–Crippen MR) is 292 cm³/mol. The third kappa shape index (κ3) is 65.4. The Morgan fingerprint density at radius 2 is 1.13 bits per heavy atom. The van der Waals surface area contributed by atoms with E-state index in [0.29, 0.717) is 0 Å². The molecule has 2 aliphatic rings. The van der Waals surface area contributed by atoms with Crippen molar-refractivity contribution in [2.75, 3.05) is 60.2 Å². The lowest BCUT2D eigenvalue weighted by atomic mass is 10.2. The summed E-state index contributed by atoms with van der Waals surface area (Å²) < 4.78 is 17.9. The molecule has 0 saturated carbocycles. The molecule has 13 nitrogen and oxygen atoms in total. The number of methoxy groups -OCH3 is 2. The van der Waals surface area contributed by atoms with Gasteiger partial charge in [0.15, 0.2) is 16.7 Å². The summed E-state index contributed by atoms with van der Waals surface area (Å²) in [5.74, 6) is 0.703. The van der Waals surface area contributed by atoms with Gasteiger partial charge in [0, 0.05) is 59.6 Å². The maximum absolute atomic E-state index is 10.9. The standard InChI is InChI=1S/C8H8O.C6H9BrN2.C6H6Cl2N2O.C5H11N.C4H9NO.C4H12Si.C4H10.C3H6O2.C3H8O.C3H6O.2C2H6/c1-7(9)8-5-3-2-4-6-8;1-4-5(2)9(3)8-6(4)7;1-3(11)4-5(7)9-10(2)6(4)8;1-2-4-6-5-3-1;1-3-6-4-2-5-1;1-5(2,3)4;1-4(2)3;1-3(4)5-2;1-3-4-2;1-3(2)4;2*1-2/h2-6H,1H3;1-3H3;1-2H3;6H,1-5H2;5H,1-4H2;1-4H3;4H,1-3H3;1-2H3;3H2,1-2H3;1-2H3;2*1-2H3/p+2. The summed E-state index contributed by atoms with van der Waals surface area (Å²) in [6.45, 7) is 45.0. The zero-order valence-corrected chi connectivity index (χ0v) is 50.6. The lowest BCUT2D eigenvalue weighted by Gasteiger charge is -2.07. The van der Waals surface area contributed by atoms with Crippen LogP contribution in [0.4, 0.5) is 0 Å². The molecule has 0 amide bonds. The van der Waals surface area contributed by atoms with Gasteiger partial charge in [-0.15, -0.1) is 0 Å². The molecule has 4 N–H and O–H groups in total. The minimum Gasteiger partial charge on any atom is -0.469 e. The Kier molecular flexibility index (Phi) is 63.4. The van der Waals surface area contributed by atoms with Crippen molar-refractivity contribution in [3.63, 3.8) is 0 Å². The Balaban J connectivity index is -0.000000121. The van der Waals surface area contributed by atoms with E-state index in [2.05, 4.69) is 93.2 Å². The van der Waals surface area contributed by atoms with Crippen LogP contribution in [0, 0.1) is 19.8 Å². The number of nitrogens with two attached hydrogens (primary N) is 2. The summed E-state index contributed by atoms with van der Waals surface area (Å²) in [7, 11) is 5.98. The molecule has 67 heavy (non-hydrogen) atoms. The van der Waals surface area contributed by atoms with Gasteiger partial charge in [-0.3, -0.25) is 23.7 Å². The van der Waals surface area contributed by atoms with Crippen molar-refractivity contribution in [2.45, 2.75) is 149 Å². The van der Waals surface area contributed by atoms with Crippen molar-refractivity contribution in [2.24, 2.45) is 20.0 Å². The first kappa shape index (κ1) is 78.4. The summed E-state index contributed by atoms with van der Waals surface area (Å²) >= 11 is 14.6. The number of carbonyl (C=O) groups excluding carboxylic acids is 4. The summed E-state index contributed by atoms with van der Waals surface area (Å²) in [4.78, 5) is 40.6. The Hall–Kier alpha value is -2.76. The van der Waals surface area contributed by atoms with Crippen LogP contribution >= 0.6 is 39.1 Å². The molecular weight excluding hydrogens is 975 g/mol. The maximum Gasteiger partial charge on any atom is 0.302 e. The molecule has 3 aromatic rings. The van der Waals surface area contributed by atoms with Gasteiger partial charge in [-0.05, 0) is 89.6 Å². The SMILES string of the molecule is C1CC[NH2+]CC1.C1COCC[NH2+]1.CC.CC.CC(=O)c1c(Cl)nn(C)c1Cl.CC(=O)c1ccccc1.CC(C)=O.CC(C)C.CCOC.COC(C)=O.C[Si](C)(C)C.Cc1c(Br)nn(C)c1C. The molecule has 1 aromatic carbocycles. The Morgan fingerprint density at radius 3 is 1.25 bits per heavy atom. The Labute approximate surface area is 429 Å². The molecule has 4 heterocycles. The maximum atomic E-state index is 10.9. The lowest BCUT2D eigenvalue weighted by Crippen LogP contribution is -2.87. The number of aryl methyl sites for hydroxylation is 2. The molecule has 17 heteroatoms. The molecule has 0 unspecified atom stereocenters. The first-order valence-corrected chi connectivity index (χ1v) is 29.0. The van der Waals surface area contributed by atoms with Gasteiger partial charge in [-0.2, -0.15) is 10.2 Å². The van der Waals surface area contributed by atoms with E-state index >= 15 is 0 Å². The van der Waals surface area contributed by atoms with Gasteiger partial charge >= 0.3 is 5.97 Å². The normalized spacial score (nSPS) is 11.5. The Morgan fingerprint density at radius 1 is 0.761 bits per heavy atom. The van der Waals surface area contributed by atoms with Crippen molar-refractivity contribution in [1.29, 1.82) is 0 Å². The van der Waals surface area contributed by atoms with Crippen molar-refractivity contribution in [3.05, 3.63) is 67.6 Å². The van der Waals surface area contributed by atoms with Crippen LogP contribution in [-0.4, -0.2) is 111 Å². The first-order chi connectivity index (χ1) is 31.1. The third-order valence-corrected chi connectivity index (χ3v) is 8.32. The van der Waals surface area contributed by atoms with E-state index in [-0.39, 0.29) is 39.2 Å². The fraction of sp³-hybridized carbons (Fsp3) is 0.680. The predicted octanol–water partition coefficient (Wildman–Crippen LogP) is 11.0. The van der Waals surface area contributed by atoms with Gasteiger partial charge in [0.1, 0.15) is 15.5 Å². The molecule has 0 atom stereocenters. The molecular formula is C50H99BrCl2N6O7Si+2. The minimum absolute atomic E-state index is 0.121. The summed E-state index contributed by atoms with van der Waals surface area (Å²) in [6, 6.07) is 9.23. The highest BCUT2D eigenvalue weighted by Crippen LogP contribution is 2.23. The molecule has 0 spiro atoms. The number of aromatic nitrogens is 4. The second-order valence-corrected chi connectivity index (χ2v) is 24.0.